The number of hydrogen-bond acceptors (Lipinski definition) is 4. The van der Waals surface area contributed by atoms with Gasteiger partial charge in [0, 0.05) is 11.4 Å². The summed E-state index contributed by atoms with van der Waals surface area (Å²) in [5.74, 6) is 0. The van der Waals surface area contributed by atoms with E-state index in [0.29, 0.717) is 0 Å². The molecule has 21 heavy (non-hydrogen) atoms. The van der Waals surface area contributed by atoms with E-state index in [1.807, 2.05) is 23.9 Å². The smallest absolute Gasteiger partial charge is 0.116 e. The number of thiazole rings is 1. The summed E-state index contributed by atoms with van der Waals surface area (Å²) < 4.78 is 2.22. The highest BCUT2D eigenvalue weighted by Crippen LogP contribution is 2.32. The summed E-state index contributed by atoms with van der Waals surface area (Å²) in [5, 5.41) is 4.87. The summed E-state index contributed by atoms with van der Waals surface area (Å²) >= 11 is 1.90. The molecule has 114 valence electrons. The van der Waals surface area contributed by atoms with Crippen LogP contribution in [0.2, 0.25) is 0 Å². The molecule has 2 aromatic heterocycles. The lowest BCUT2D eigenvalue weighted by molar-refractivity contribution is 0.551. The molecule has 0 spiro atoms. The molecular weight excluding hydrogens is 280 g/mol. The summed E-state index contributed by atoms with van der Waals surface area (Å²) in [5.41, 5.74) is 2.57. The number of fused-ring (bicyclic) bond motifs is 1. The summed E-state index contributed by atoms with van der Waals surface area (Å²) in [6, 6.07) is 0.183. The molecule has 0 radical (unpaired) electrons. The molecule has 3 rings (SSSR count). The molecule has 2 aromatic rings. The van der Waals surface area contributed by atoms with Crippen molar-refractivity contribution in [2.24, 2.45) is 0 Å². The van der Waals surface area contributed by atoms with Crippen LogP contribution in [-0.4, -0.2) is 21.1 Å². The van der Waals surface area contributed by atoms with E-state index in [2.05, 4.69) is 28.7 Å². The maximum atomic E-state index is 4.95. The third-order valence-electron chi connectivity index (χ3n) is 4.09. The number of nitrogens with zero attached hydrogens (tertiary/aromatic N) is 3. The Labute approximate surface area is 130 Å². The van der Waals surface area contributed by atoms with Gasteiger partial charge >= 0.3 is 0 Å². The van der Waals surface area contributed by atoms with Gasteiger partial charge < -0.3 is 9.88 Å². The lowest BCUT2D eigenvalue weighted by atomic mass is 10.0. The summed E-state index contributed by atoms with van der Waals surface area (Å²) in [7, 11) is 0. The minimum atomic E-state index is 0.183. The molecule has 1 unspecified atom stereocenters. The fourth-order valence-electron chi connectivity index (χ4n) is 2.94. The molecule has 1 aliphatic carbocycles. The normalized spacial score (nSPS) is 15.9. The van der Waals surface area contributed by atoms with Gasteiger partial charge in [-0.2, -0.15) is 0 Å². The van der Waals surface area contributed by atoms with Crippen LogP contribution >= 0.6 is 11.3 Å². The second-order valence-corrected chi connectivity index (χ2v) is 6.74. The van der Waals surface area contributed by atoms with Gasteiger partial charge in [0.15, 0.2) is 0 Å². The van der Waals surface area contributed by atoms with Crippen molar-refractivity contribution >= 4 is 11.3 Å². The van der Waals surface area contributed by atoms with Crippen molar-refractivity contribution in [3.8, 4) is 0 Å². The molecule has 0 saturated heterocycles. The molecule has 2 heterocycles. The van der Waals surface area contributed by atoms with E-state index in [0.717, 1.165) is 25.9 Å². The number of rotatable bonds is 6. The van der Waals surface area contributed by atoms with Crippen molar-refractivity contribution in [1.82, 2.24) is 19.9 Å². The predicted molar refractivity (Wildman–Crippen MR) is 86.8 cm³/mol. The average Bonchev–Trinajstić information content (AvgIpc) is 3.14. The van der Waals surface area contributed by atoms with Crippen LogP contribution in [0.1, 0.15) is 60.4 Å². The second kappa shape index (κ2) is 6.71. The minimum absolute atomic E-state index is 0.183. The van der Waals surface area contributed by atoms with Crippen molar-refractivity contribution in [1.29, 1.82) is 0 Å². The Balaban J connectivity index is 1.93. The first-order valence-electron chi connectivity index (χ1n) is 8.05. The predicted octanol–water partition coefficient (Wildman–Crippen LogP) is 3.33. The Morgan fingerprint density at radius 1 is 1.33 bits per heavy atom. The molecule has 0 saturated carbocycles. The van der Waals surface area contributed by atoms with Crippen molar-refractivity contribution in [2.75, 3.05) is 6.54 Å². The van der Waals surface area contributed by atoms with E-state index in [9.17, 15) is 0 Å². The van der Waals surface area contributed by atoms with Crippen molar-refractivity contribution < 1.29 is 0 Å². The minimum Gasteiger partial charge on any atom is -0.333 e. The molecule has 0 amide bonds. The van der Waals surface area contributed by atoms with Crippen molar-refractivity contribution in [3.63, 3.8) is 0 Å². The molecule has 0 aliphatic heterocycles. The average molecular weight is 304 g/mol. The van der Waals surface area contributed by atoms with Crippen molar-refractivity contribution in [2.45, 2.75) is 58.5 Å². The van der Waals surface area contributed by atoms with Crippen LogP contribution in [0.5, 0.6) is 0 Å². The van der Waals surface area contributed by atoms with Gasteiger partial charge in [0.1, 0.15) is 11.0 Å². The largest absolute Gasteiger partial charge is 0.333 e. The third kappa shape index (κ3) is 3.04. The lowest BCUT2D eigenvalue weighted by Gasteiger charge is -2.17. The monoisotopic (exact) mass is 304 g/mol. The molecule has 1 aliphatic rings. The summed E-state index contributed by atoms with van der Waals surface area (Å²) in [6.07, 6.45) is 9.99. The van der Waals surface area contributed by atoms with Gasteiger partial charge in [0.05, 0.1) is 23.9 Å². The first kappa shape index (κ1) is 14.7. The Bertz CT molecular complexity index is 563. The van der Waals surface area contributed by atoms with E-state index in [1.54, 1.807) is 0 Å². The number of aromatic nitrogens is 3. The zero-order valence-corrected chi connectivity index (χ0v) is 13.7. The first-order valence-corrected chi connectivity index (χ1v) is 8.87. The third-order valence-corrected chi connectivity index (χ3v) is 5.31. The summed E-state index contributed by atoms with van der Waals surface area (Å²) in [6.45, 7) is 6.32. The van der Waals surface area contributed by atoms with Gasteiger partial charge in [-0.15, -0.1) is 11.3 Å². The second-order valence-electron chi connectivity index (χ2n) is 5.62. The maximum Gasteiger partial charge on any atom is 0.116 e. The molecule has 0 fully saturated rings. The number of nitrogens with one attached hydrogen (secondary N) is 1. The number of imidazole rings is 1. The Morgan fingerprint density at radius 2 is 2.19 bits per heavy atom. The van der Waals surface area contributed by atoms with E-state index in [1.165, 1.54) is 40.5 Å². The van der Waals surface area contributed by atoms with Crippen LogP contribution in [-0.2, 0) is 19.4 Å². The summed E-state index contributed by atoms with van der Waals surface area (Å²) in [4.78, 5) is 10.8. The van der Waals surface area contributed by atoms with E-state index >= 15 is 0 Å². The molecule has 5 heteroatoms. The number of hydrogen-bond donors (Lipinski definition) is 1. The van der Waals surface area contributed by atoms with Gasteiger partial charge in [-0.05, 0) is 45.6 Å². The highest BCUT2D eigenvalue weighted by atomic mass is 32.1. The Morgan fingerprint density at radius 3 is 2.95 bits per heavy atom. The van der Waals surface area contributed by atoms with Crippen LogP contribution in [0.15, 0.2) is 12.5 Å². The van der Waals surface area contributed by atoms with Crippen LogP contribution in [0.4, 0.5) is 0 Å². The highest BCUT2D eigenvalue weighted by molar-refractivity contribution is 7.11. The van der Waals surface area contributed by atoms with Gasteiger partial charge in [0.2, 0.25) is 0 Å². The first-order chi connectivity index (χ1) is 10.3. The lowest BCUT2D eigenvalue weighted by Crippen LogP contribution is -2.25. The standard InChI is InChI=1S/C16H24N4S/c1-3-9-18-15(13-10-17-11-20(13)4-2)16-19-12-7-5-6-8-14(12)21-16/h10-11,15,18H,3-9H2,1-2H3. The van der Waals surface area contributed by atoms with Gasteiger partial charge in [-0.25, -0.2) is 9.97 Å². The highest BCUT2D eigenvalue weighted by Gasteiger charge is 2.24. The molecule has 1 N–H and O–H groups in total. The molecule has 1 atom stereocenters. The van der Waals surface area contributed by atoms with E-state index < -0.39 is 0 Å². The van der Waals surface area contributed by atoms with E-state index in [4.69, 9.17) is 4.98 Å². The molecular formula is C16H24N4S. The Kier molecular flexibility index (Phi) is 4.70. The van der Waals surface area contributed by atoms with Crippen molar-refractivity contribution in [3.05, 3.63) is 33.8 Å². The quantitative estimate of drug-likeness (QED) is 0.890. The Hall–Kier alpha value is -1.20. The van der Waals surface area contributed by atoms with Crippen LogP contribution in [0.3, 0.4) is 0 Å². The molecule has 4 nitrogen and oxygen atoms in total. The number of aryl methyl sites for hydroxylation is 3. The van der Waals surface area contributed by atoms with Gasteiger partial charge in [-0.3, -0.25) is 0 Å². The molecule has 0 bridgehead atoms. The zero-order chi connectivity index (χ0) is 14.7. The van der Waals surface area contributed by atoms with Crippen LogP contribution in [0, 0.1) is 0 Å². The van der Waals surface area contributed by atoms with Crippen LogP contribution in [0.25, 0.3) is 0 Å². The fraction of sp³-hybridized carbons (Fsp3) is 0.625. The zero-order valence-electron chi connectivity index (χ0n) is 12.9. The maximum absolute atomic E-state index is 4.95. The SMILES string of the molecule is CCCNC(c1nc2c(s1)CCCC2)c1cncn1CC. The topological polar surface area (TPSA) is 42.7 Å². The van der Waals surface area contributed by atoms with E-state index in [-0.39, 0.29) is 6.04 Å². The van der Waals surface area contributed by atoms with Gasteiger partial charge in [-0.1, -0.05) is 6.92 Å². The van der Waals surface area contributed by atoms with Gasteiger partial charge in [0.25, 0.3) is 0 Å². The fourth-order valence-corrected chi connectivity index (χ4v) is 4.18. The molecule has 0 aromatic carbocycles. The van der Waals surface area contributed by atoms with Crippen LogP contribution < -0.4 is 5.32 Å².